The normalized spacial score (nSPS) is 28.2. The van der Waals surface area contributed by atoms with Crippen molar-refractivity contribution in [3.63, 3.8) is 0 Å². The molecule has 3 fully saturated rings. The first-order valence-corrected chi connectivity index (χ1v) is 12.8. The van der Waals surface area contributed by atoms with Gasteiger partial charge in [0.15, 0.2) is 11.6 Å². The number of nitrogens with one attached hydrogen (secondary N) is 1. The molecule has 1 aliphatic carbocycles. The van der Waals surface area contributed by atoms with Gasteiger partial charge in [-0.25, -0.2) is 4.98 Å². The van der Waals surface area contributed by atoms with Crippen molar-refractivity contribution in [3.8, 4) is 5.75 Å². The Kier molecular flexibility index (Phi) is 7.64. The molecule has 4 aliphatic rings. The molecular weight excluding hydrogens is 420 g/mol. The number of pyridine rings is 1. The van der Waals surface area contributed by atoms with Crippen molar-refractivity contribution in [2.24, 2.45) is 5.92 Å². The van der Waals surface area contributed by atoms with Crippen LogP contribution in [0.3, 0.4) is 0 Å². The van der Waals surface area contributed by atoms with Crippen molar-refractivity contribution in [3.05, 3.63) is 17.8 Å². The Morgan fingerprint density at radius 1 is 1.09 bits per heavy atom. The minimum Gasteiger partial charge on any atom is -0.489 e. The van der Waals surface area contributed by atoms with Gasteiger partial charge in [-0.3, -0.25) is 9.69 Å². The molecule has 0 radical (unpaired) electrons. The summed E-state index contributed by atoms with van der Waals surface area (Å²) >= 11 is 0. The van der Waals surface area contributed by atoms with Crippen LogP contribution in [-0.2, 0) is 20.7 Å². The maximum Gasteiger partial charge on any atom is 0.222 e. The summed E-state index contributed by atoms with van der Waals surface area (Å²) in [5.74, 6) is 2.93. The second kappa shape index (κ2) is 11.0. The number of fused-ring (bicyclic) bond motifs is 1. The highest BCUT2D eigenvalue weighted by atomic mass is 16.6. The number of carbonyl (C=O) groups excluding carboxylic acids is 1. The van der Waals surface area contributed by atoms with E-state index in [1.165, 1.54) is 31.4 Å². The zero-order valence-electron chi connectivity index (χ0n) is 19.7. The van der Waals surface area contributed by atoms with E-state index in [0.717, 1.165) is 69.5 Å². The highest BCUT2D eigenvalue weighted by Gasteiger charge is 2.27. The van der Waals surface area contributed by atoms with E-state index in [9.17, 15) is 4.79 Å². The van der Waals surface area contributed by atoms with Crippen LogP contribution >= 0.6 is 0 Å². The number of hydrogen-bond acceptors (Lipinski definition) is 7. The summed E-state index contributed by atoms with van der Waals surface area (Å²) in [6.45, 7) is 7.92. The number of aromatic nitrogens is 1. The Balaban J connectivity index is 0.980. The highest BCUT2D eigenvalue weighted by Crippen LogP contribution is 2.34. The van der Waals surface area contributed by atoms with Gasteiger partial charge >= 0.3 is 0 Å². The Morgan fingerprint density at radius 3 is 2.73 bits per heavy atom. The standard InChI is InChI=1S/C25H38N4O4/c30-23(17-22-18-31-15-16-32-22)27-21-3-1-19(2-4-21)6-9-28-10-12-29(13-11-28)25-24-20(5-8-26-25)7-14-33-24/h5,8,19,21-22H,1-4,6-7,9-18H2,(H,27,30). The molecule has 8 nitrogen and oxygen atoms in total. The Hall–Kier alpha value is -1.90. The quantitative estimate of drug-likeness (QED) is 0.670. The van der Waals surface area contributed by atoms with Gasteiger partial charge in [-0.15, -0.1) is 0 Å². The first-order chi connectivity index (χ1) is 16.2. The SMILES string of the molecule is O=C(CC1COCCO1)NC1CCC(CCN2CCN(c3nccc4c3OCC4)CC2)CC1. The van der Waals surface area contributed by atoms with E-state index in [1.807, 2.05) is 6.20 Å². The van der Waals surface area contributed by atoms with E-state index in [0.29, 0.717) is 32.3 Å². The van der Waals surface area contributed by atoms with Gasteiger partial charge in [0.2, 0.25) is 5.91 Å². The largest absolute Gasteiger partial charge is 0.489 e. The lowest BCUT2D eigenvalue weighted by molar-refractivity contribution is -0.132. The minimum absolute atomic E-state index is 0.0818. The summed E-state index contributed by atoms with van der Waals surface area (Å²) in [4.78, 5) is 21.9. The summed E-state index contributed by atoms with van der Waals surface area (Å²) in [7, 11) is 0. The number of hydrogen-bond donors (Lipinski definition) is 1. The van der Waals surface area contributed by atoms with Crippen LogP contribution in [0.2, 0.25) is 0 Å². The molecule has 1 atom stereocenters. The molecule has 1 N–H and O–H groups in total. The summed E-state index contributed by atoms with van der Waals surface area (Å²) in [5, 5.41) is 3.22. The molecule has 1 amide bonds. The van der Waals surface area contributed by atoms with Crippen molar-refractivity contribution in [2.75, 3.05) is 64.1 Å². The lowest BCUT2D eigenvalue weighted by atomic mass is 9.84. The van der Waals surface area contributed by atoms with E-state index in [2.05, 4.69) is 26.2 Å². The van der Waals surface area contributed by atoms with Gasteiger partial charge < -0.3 is 24.4 Å². The molecule has 8 heteroatoms. The van der Waals surface area contributed by atoms with Crippen LogP contribution in [0, 0.1) is 5.92 Å². The molecule has 2 saturated heterocycles. The van der Waals surface area contributed by atoms with Crippen molar-refractivity contribution < 1.29 is 19.0 Å². The third-order valence-corrected chi connectivity index (χ3v) is 7.62. The van der Waals surface area contributed by atoms with Gasteiger partial charge in [0, 0.05) is 50.4 Å². The lowest BCUT2D eigenvalue weighted by Crippen LogP contribution is -2.47. The molecule has 182 valence electrons. The topological polar surface area (TPSA) is 76.2 Å². The first-order valence-electron chi connectivity index (χ1n) is 12.8. The van der Waals surface area contributed by atoms with Crippen molar-refractivity contribution >= 4 is 11.7 Å². The minimum atomic E-state index is -0.0818. The average Bonchev–Trinajstić information content (AvgIpc) is 3.34. The zero-order valence-corrected chi connectivity index (χ0v) is 19.7. The number of anilines is 1. The number of amides is 1. The molecule has 1 saturated carbocycles. The van der Waals surface area contributed by atoms with E-state index in [4.69, 9.17) is 14.2 Å². The Labute approximate surface area is 196 Å². The second-order valence-electron chi connectivity index (χ2n) is 9.90. The number of ether oxygens (including phenoxy) is 3. The Morgan fingerprint density at radius 2 is 1.94 bits per heavy atom. The third kappa shape index (κ3) is 5.97. The maximum absolute atomic E-state index is 12.3. The maximum atomic E-state index is 12.3. The first kappa shape index (κ1) is 22.9. The molecule has 0 aromatic carbocycles. The van der Waals surface area contributed by atoms with E-state index >= 15 is 0 Å². The summed E-state index contributed by atoms with van der Waals surface area (Å²) in [6, 6.07) is 2.41. The highest BCUT2D eigenvalue weighted by molar-refractivity contribution is 5.76. The van der Waals surface area contributed by atoms with Crippen LogP contribution in [-0.4, -0.2) is 87.1 Å². The van der Waals surface area contributed by atoms with Crippen molar-refractivity contribution in [1.82, 2.24) is 15.2 Å². The zero-order chi connectivity index (χ0) is 22.5. The van der Waals surface area contributed by atoms with Gasteiger partial charge in [0.25, 0.3) is 0 Å². The predicted molar refractivity (Wildman–Crippen MR) is 126 cm³/mol. The fourth-order valence-corrected chi connectivity index (χ4v) is 5.61. The molecule has 3 aliphatic heterocycles. The molecule has 1 aromatic heterocycles. The van der Waals surface area contributed by atoms with Gasteiger partial charge in [0.05, 0.1) is 39.0 Å². The van der Waals surface area contributed by atoms with Crippen LogP contribution in [0.1, 0.15) is 44.1 Å². The van der Waals surface area contributed by atoms with Crippen LogP contribution in [0.25, 0.3) is 0 Å². The molecule has 0 bridgehead atoms. The van der Waals surface area contributed by atoms with Gasteiger partial charge in [0.1, 0.15) is 0 Å². The van der Waals surface area contributed by atoms with Gasteiger partial charge in [-0.05, 0) is 50.6 Å². The monoisotopic (exact) mass is 458 g/mol. The number of nitrogens with zero attached hydrogens (tertiary/aromatic N) is 3. The number of carbonyl (C=O) groups is 1. The number of piperazine rings is 1. The molecule has 4 heterocycles. The predicted octanol–water partition coefficient (Wildman–Crippen LogP) is 2.01. The van der Waals surface area contributed by atoms with Crippen LogP contribution in [0.5, 0.6) is 5.75 Å². The van der Waals surface area contributed by atoms with Crippen LogP contribution in [0.4, 0.5) is 5.82 Å². The van der Waals surface area contributed by atoms with E-state index < -0.39 is 0 Å². The van der Waals surface area contributed by atoms with E-state index in [1.54, 1.807) is 0 Å². The van der Waals surface area contributed by atoms with Gasteiger partial charge in [-0.1, -0.05) is 0 Å². The van der Waals surface area contributed by atoms with E-state index in [-0.39, 0.29) is 12.0 Å². The van der Waals surface area contributed by atoms with Crippen LogP contribution < -0.4 is 15.0 Å². The molecule has 33 heavy (non-hydrogen) atoms. The smallest absolute Gasteiger partial charge is 0.222 e. The fraction of sp³-hybridized carbons (Fsp3) is 0.760. The molecule has 1 unspecified atom stereocenters. The second-order valence-corrected chi connectivity index (χ2v) is 9.90. The lowest BCUT2D eigenvalue weighted by Gasteiger charge is -2.37. The summed E-state index contributed by atoms with van der Waals surface area (Å²) in [5.41, 5.74) is 1.30. The molecule has 5 rings (SSSR count). The van der Waals surface area contributed by atoms with Crippen LogP contribution in [0.15, 0.2) is 12.3 Å². The molecule has 0 spiro atoms. The molecule has 1 aromatic rings. The van der Waals surface area contributed by atoms with Crippen molar-refractivity contribution in [1.29, 1.82) is 0 Å². The Bertz CT molecular complexity index is 785. The molecular formula is C25H38N4O4. The average molecular weight is 459 g/mol. The summed E-state index contributed by atoms with van der Waals surface area (Å²) in [6.07, 6.45) is 9.13. The van der Waals surface area contributed by atoms with Gasteiger partial charge in [-0.2, -0.15) is 0 Å². The summed E-state index contributed by atoms with van der Waals surface area (Å²) < 4.78 is 16.8. The number of rotatable bonds is 7. The van der Waals surface area contributed by atoms with Crippen molar-refractivity contribution in [2.45, 2.75) is 57.1 Å². The fourth-order valence-electron chi connectivity index (χ4n) is 5.61. The third-order valence-electron chi connectivity index (χ3n) is 7.62.